The topological polar surface area (TPSA) is 44.8 Å². The molecule has 184 valence electrons. The minimum atomic E-state index is -1.10. The summed E-state index contributed by atoms with van der Waals surface area (Å²) >= 11 is 0. The van der Waals surface area contributed by atoms with E-state index in [1.54, 1.807) is 17.0 Å². The van der Waals surface area contributed by atoms with Gasteiger partial charge in [0.1, 0.15) is 17.7 Å². The SMILES string of the molecule is CC(C)COc1ccc(CN(C(=O)NCc2ccc(F)cc2)[C@H]2C[C@H]3CCCN3C[C@@H]2F)cc1. The number of fused-ring (bicyclic) bond motifs is 1. The van der Waals surface area contributed by atoms with E-state index < -0.39 is 12.2 Å². The highest BCUT2D eigenvalue weighted by molar-refractivity contribution is 5.74. The van der Waals surface area contributed by atoms with E-state index in [-0.39, 0.29) is 18.4 Å². The molecule has 4 rings (SSSR count). The molecule has 2 aliphatic heterocycles. The van der Waals surface area contributed by atoms with Crippen LogP contribution in [0.3, 0.4) is 0 Å². The summed E-state index contributed by atoms with van der Waals surface area (Å²) in [6.45, 7) is 6.72. The molecule has 2 amide bonds. The molecule has 1 N–H and O–H groups in total. The zero-order valence-electron chi connectivity index (χ0n) is 20.1. The number of hydrogen-bond donors (Lipinski definition) is 1. The van der Waals surface area contributed by atoms with Crippen LogP contribution in [0.1, 0.15) is 44.2 Å². The number of amides is 2. The van der Waals surface area contributed by atoms with Gasteiger partial charge in [-0.3, -0.25) is 4.90 Å². The Morgan fingerprint density at radius 2 is 1.85 bits per heavy atom. The first-order valence-electron chi connectivity index (χ1n) is 12.3. The van der Waals surface area contributed by atoms with Gasteiger partial charge in [-0.2, -0.15) is 0 Å². The van der Waals surface area contributed by atoms with Gasteiger partial charge < -0.3 is 15.0 Å². The lowest BCUT2D eigenvalue weighted by molar-refractivity contribution is 0.0311. The van der Waals surface area contributed by atoms with Gasteiger partial charge in [-0.15, -0.1) is 0 Å². The molecular formula is C27H35F2N3O2. The number of piperidine rings is 1. The Kier molecular flexibility index (Phi) is 8.03. The van der Waals surface area contributed by atoms with E-state index in [0.717, 1.165) is 36.3 Å². The van der Waals surface area contributed by atoms with Crippen molar-refractivity contribution in [3.63, 3.8) is 0 Å². The van der Waals surface area contributed by atoms with E-state index in [9.17, 15) is 9.18 Å². The number of alkyl halides is 1. The molecule has 3 atom stereocenters. The molecule has 2 heterocycles. The lowest BCUT2D eigenvalue weighted by atomic mass is 9.94. The molecule has 0 spiro atoms. The van der Waals surface area contributed by atoms with E-state index in [1.807, 2.05) is 24.3 Å². The third-order valence-corrected chi connectivity index (χ3v) is 6.72. The van der Waals surface area contributed by atoms with Gasteiger partial charge in [-0.05, 0) is 67.1 Å². The van der Waals surface area contributed by atoms with Gasteiger partial charge in [0, 0.05) is 25.7 Å². The van der Waals surface area contributed by atoms with Crippen molar-refractivity contribution in [1.82, 2.24) is 15.1 Å². The lowest BCUT2D eigenvalue weighted by Crippen LogP contribution is -2.57. The fraction of sp³-hybridized carbons (Fsp3) is 0.519. The van der Waals surface area contributed by atoms with E-state index >= 15 is 4.39 Å². The first-order valence-corrected chi connectivity index (χ1v) is 12.3. The quantitative estimate of drug-likeness (QED) is 0.579. The number of rotatable bonds is 8. The fourth-order valence-corrected chi connectivity index (χ4v) is 4.87. The number of nitrogens with one attached hydrogen (secondary N) is 1. The lowest BCUT2D eigenvalue weighted by Gasteiger charge is -2.42. The smallest absolute Gasteiger partial charge is 0.318 e. The summed E-state index contributed by atoms with van der Waals surface area (Å²) in [7, 11) is 0. The Bertz CT molecular complexity index is 936. The Balaban J connectivity index is 1.47. The van der Waals surface area contributed by atoms with Gasteiger partial charge in [0.2, 0.25) is 0 Å². The molecule has 5 nitrogen and oxygen atoms in total. The van der Waals surface area contributed by atoms with Crippen molar-refractivity contribution >= 4 is 6.03 Å². The number of carbonyl (C=O) groups is 1. The van der Waals surface area contributed by atoms with Gasteiger partial charge in [0.05, 0.1) is 12.6 Å². The second kappa shape index (κ2) is 11.2. The van der Waals surface area contributed by atoms with Gasteiger partial charge in [-0.1, -0.05) is 38.1 Å². The molecule has 0 radical (unpaired) electrons. The summed E-state index contributed by atoms with van der Waals surface area (Å²) in [5.74, 6) is 0.899. The molecule has 0 saturated carbocycles. The molecule has 0 unspecified atom stereocenters. The number of halogens is 2. The number of ether oxygens (including phenoxy) is 1. The maximum absolute atomic E-state index is 15.3. The van der Waals surface area contributed by atoms with Crippen molar-refractivity contribution in [3.8, 4) is 5.75 Å². The van der Waals surface area contributed by atoms with Gasteiger partial charge in [-0.25, -0.2) is 13.6 Å². The minimum Gasteiger partial charge on any atom is -0.493 e. The maximum atomic E-state index is 15.3. The summed E-state index contributed by atoms with van der Waals surface area (Å²) in [6, 6.07) is 13.3. The first-order chi connectivity index (χ1) is 16.4. The van der Waals surface area contributed by atoms with Crippen LogP contribution < -0.4 is 10.1 Å². The molecular weight excluding hydrogens is 436 g/mol. The molecule has 0 aromatic heterocycles. The Hall–Kier alpha value is -2.67. The van der Waals surface area contributed by atoms with Crippen molar-refractivity contribution in [2.24, 2.45) is 5.92 Å². The first kappa shape index (κ1) is 24.5. The van der Waals surface area contributed by atoms with Gasteiger partial charge in [0.25, 0.3) is 0 Å². The van der Waals surface area contributed by atoms with Crippen LogP contribution in [0, 0.1) is 11.7 Å². The summed E-state index contributed by atoms with van der Waals surface area (Å²) in [5, 5.41) is 2.92. The number of carbonyl (C=O) groups excluding carboxylic acids is 1. The second-order valence-electron chi connectivity index (χ2n) is 9.87. The van der Waals surface area contributed by atoms with Gasteiger partial charge in [0.15, 0.2) is 0 Å². The molecule has 2 saturated heterocycles. The fourth-order valence-electron chi connectivity index (χ4n) is 4.87. The zero-order chi connectivity index (χ0) is 24.1. The minimum absolute atomic E-state index is 0.261. The van der Waals surface area contributed by atoms with Crippen molar-refractivity contribution < 1.29 is 18.3 Å². The van der Waals surface area contributed by atoms with Crippen molar-refractivity contribution in [2.45, 2.75) is 64.5 Å². The van der Waals surface area contributed by atoms with Gasteiger partial charge >= 0.3 is 6.03 Å². The Morgan fingerprint density at radius 1 is 1.15 bits per heavy atom. The highest BCUT2D eigenvalue weighted by Gasteiger charge is 2.42. The molecule has 7 heteroatoms. The molecule has 0 aliphatic carbocycles. The largest absolute Gasteiger partial charge is 0.493 e. The van der Waals surface area contributed by atoms with Crippen LogP contribution in [0.15, 0.2) is 48.5 Å². The molecule has 2 aromatic carbocycles. The molecule has 2 aliphatic rings. The van der Waals surface area contributed by atoms with Crippen LogP contribution in [0.5, 0.6) is 5.75 Å². The average Bonchev–Trinajstić information content (AvgIpc) is 3.28. The second-order valence-corrected chi connectivity index (χ2v) is 9.87. The van der Waals surface area contributed by atoms with E-state index in [4.69, 9.17) is 4.74 Å². The highest BCUT2D eigenvalue weighted by Crippen LogP contribution is 2.32. The monoisotopic (exact) mass is 471 g/mol. The molecule has 34 heavy (non-hydrogen) atoms. The normalized spacial score (nSPS) is 22.4. The van der Waals surface area contributed by atoms with E-state index in [1.165, 1.54) is 12.1 Å². The predicted octanol–water partition coefficient (Wildman–Crippen LogP) is 5.15. The summed E-state index contributed by atoms with van der Waals surface area (Å²) in [4.78, 5) is 17.2. The summed E-state index contributed by atoms with van der Waals surface area (Å²) in [6.07, 6.45) is 1.68. The van der Waals surface area contributed by atoms with Crippen molar-refractivity contribution in [3.05, 3.63) is 65.5 Å². The van der Waals surface area contributed by atoms with Crippen molar-refractivity contribution in [2.75, 3.05) is 19.7 Å². The van der Waals surface area contributed by atoms with E-state index in [2.05, 4.69) is 24.1 Å². The Morgan fingerprint density at radius 3 is 2.56 bits per heavy atom. The number of nitrogens with zero attached hydrogens (tertiary/aromatic N) is 2. The van der Waals surface area contributed by atoms with Crippen LogP contribution in [0.25, 0.3) is 0 Å². The standard InChI is InChI=1S/C27H35F2N3O2/c1-19(2)18-34-24-11-7-21(8-12-24)16-32(26-14-23-4-3-13-31(23)17-25(26)29)27(33)30-15-20-5-9-22(28)10-6-20/h5-12,19,23,25-26H,3-4,13-18H2,1-2H3,(H,30,33)/t23-,25+,26+/m1/s1. The van der Waals surface area contributed by atoms with Crippen LogP contribution in [-0.2, 0) is 13.1 Å². The predicted molar refractivity (Wildman–Crippen MR) is 129 cm³/mol. The summed E-state index contributed by atoms with van der Waals surface area (Å²) < 4.78 is 34.3. The maximum Gasteiger partial charge on any atom is 0.318 e. The number of urea groups is 1. The number of benzene rings is 2. The highest BCUT2D eigenvalue weighted by atomic mass is 19.1. The third kappa shape index (κ3) is 6.26. The van der Waals surface area contributed by atoms with Crippen LogP contribution in [-0.4, -0.2) is 53.8 Å². The molecule has 2 aromatic rings. The molecule has 0 bridgehead atoms. The Labute approximate surface area is 201 Å². The van der Waals surface area contributed by atoms with E-state index in [0.29, 0.717) is 38.1 Å². The van der Waals surface area contributed by atoms with Crippen LogP contribution in [0.4, 0.5) is 13.6 Å². The third-order valence-electron chi connectivity index (χ3n) is 6.72. The van der Waals surface area contributed by atoms with Crippen molar-refractivity contribution in [1.29, 1.82) is 0 Å². The average molecular weight is 472 g/mol. The molecule has 2 fully saturated rings. The van der Waals surface area contributed by atoms with Crippen LogP contribution >= 0.6 is 0 Å². The number of hydrogen-bond acceptors (Lipinski definition) is 3. The van der Waals surface area contributed by atoms with Crippen LogP contribution in [0.2, 0.25) is 0 Å². The zero-order valence-corrected chi connectivity index (χ0v) is 20.1. The summed E-state index contributed by atoms with van der Waals surface area (Å²) in [5.41, 5.74) is 1.72.